The molecule has 2 aromatic carbocycles. The maximum atomic E-state index is 13.0. The van der Waals surface area contributed by atoms with Crippen molar-refractivity contribution in [3.63, 3.8) is 0 Å². The number of hydrogen-bond acceptors (Lipinski definition) is 2. The van der Waals surface area contributed by atoms with Crippen LogP contribution < -0.4 is 0 Å². The third kappa shape index (κ3) is 3.83. The Labute approximate surface area is 115 Å². The van der Waals surface area contributed by atoms with Crippen LogP contribution in [0.3, 0.4) is 0 Å². The molecule has 0 aromatic heterocycles. The predicted octanol–water partition coefficient (Wildman–Crippen LogP) is 3.79. The van der Waals surface area contributed by atoms with Crippen molar-refractivity contribution in [3.05, 3.63) is 66.0 Å². The summed E-state index contributed by atoms with van der Waals surface area (Å²) in [6.07, 6.45) is 0. The van der Waals surface area contributed by atoms with Gasteiger partial charge in [-0.1, -0.05) is 36.4 Å². The molecule has 0 radical (unpaired) electrons. The number of carboxylic acids is 1. The second-order valence-corrected chi connectivity index (χ2v) is 5.16. The van der Waals surface area contributed by atoms with Crippen LogP contribution in [0.1, 0.15) is 11.5 Å². The second kappa shape index (κ2) is 6.38. The Morgan fingerprint density at radius 2 is 1.89 bits per heavy atom. The normalized spacial score (nSPS) is 12.1. The van der Waals surface area contributed by atoms with Crippen molar-refractivity contribution in [3.8, 4) is 0 Å². The Morgan fingerprint density at radius 3 is 2.53 bits per heavy atom. The highest BCUT2D eigenvalue weighted by Gasteiger charge is 2.19. The molecule has 0 aliphatic rings. The standard InChI is InChI=1S/C15H13FO2S/c16-12-7-4-8-13(9-12)19-10-14(15(17)18)11-5-2-1-3-6-11/h1-9,14H,10H2,(H,17,18). The van der Waals surface area contributed by atoms with Crippen LogP contribution in [0, 0.1) is 5.82 Å². The molecule has 2 nitrogen and oxygen atoms in total. The molecule has 2 aromatic rings. The predicted molar refractivity (Wildman–Crippen MR) is 73.9 cm³/mol. The summed E-state index contributed by atoms with van der Waals surface area (Å²) in [4.78, 5) is 12.0. The SMILES string of the molecule is O=C(O)C(CSc1cccc(F)c1)c1ccccc1. The number of benzene rings is 2. The molecule has 2 rings (SSSR count). The minimum absolute atomic E-state index is 0.309. The molecule has 0 fully saturated rings. The molecular formula is C15H13FO2S. The molecule has 0 saturated heterocycles. The van der Waals surface area contributed by atoms with E-state index in [0.717, 1.165) is 10.5 Å². The van der Waals surface area contributed by atoms with E-state index in [9.17, 15) is 14.3 Å². The zero-order valence-electron chi connectivity index (χ0n) is 10.1. The van der Waals surface area contributed by atoms with Crippen LogP contribution in [-0.4, -0.2) is 16.8 Å². The Bertz CT molecular complexity index is 557. The van der Waals surface area contributed by atoms with Gasteiger partial charge >= 0.3 is 5.97 Å². The second-order valence-electron chi connectivity index (χ2n) is 4.07. The fraction of sp³-hybridized carbons (Fsp3) is 0.133. The van der Waals surface area contributed by atoms with Crippen molar-refractivity contribution in [1.29, 1.82) is 0 Å². The van der Waals surface area contributed by atoms with E-state index in [0.29, 0.717) is 5.75 Å². The molecule has 0 bridgehead atoms. The van der Waals surface area contributed by atoms with Gasteiger partial charge in [0.15, 0.2) is 0 Å². The van der Waals surface area contributed by atoms with E-state index in [4.69, 9.17) is 0 Å². The Morgan fingerprint density at radius 1 is 1.16 bits per heavy atom. The number of carboxylic acid groups (broad SMARTS) is 1. The van der Waals surface area contributed by atoms with Crippen LogP contribution >= 0.6 is 11.8 Å². The molecule has 0 aliphatic heterocycles. The van der Waals surface area contributed by atoms with Gasteiger partial charge in [-0.05, 0) is 23.8 Å². The van der Waals surface area contributed by atoms with E-state index in [-0.39, 0.29) is 5.82 Å². The van der Waals surface area contributed by atoms with E-state index in [2.05, 4.69) is 0 Å². The van der Waals surface area contributed by atoms with Gasteiger partial charge in [-0.25, -0.2) is 4.39 Å². The maximum Gasteiger partial charge on any atom is 0.311 e. The Balaban J connectivity index is 2.08. The fourth-order valence-electron chi connectivity index (χ4n) is 1.73. The minimum atomic E-state index is -0.866. The van der Waals surface area contributed by atoms with Crippen LogP contribution in [0.25, 0.3) is 0 Å². The van der Waals surface area contributed by atoms with Crippen molar-refractivity contribution in [1.82, 2.24) is 0 Å². The molecule has 0 spiro atoms. The average molecular weight is 276 g/mol. The van der Waals surface area contributed by atoms with Gasteiger partial charge in [0.25, 0.3) is 0 Å². The first-order valence-corrected chi connectivity index (χ1v) is 6.81. The molecule has 0 aliphatic carbocycles. The minimum Gasteiger partial charge on any atom is -0.481 e. The van der Waals surface area contributed by atoms with Gasteiger partial charge < -0.3 is 5.11 Å². The van der Waals surface area contributed by atoms with Crippen molar-refractivity contribution in [2.45, 2.75) is 10.8 Å². The third-order valence-corrected chi connectivity index (χ3v) is 3.80. The van der Waals surface area contributed by atoms with Gasteiger partial charge in [0.2, 0.25) is 0 Å². The molecule has 1 unspecified atom stereocenters. The number of rotatable bonds is 5. The lowest BCUT2D eigenvalue weighted by Crippen LogP contribution is -2.14. The maximum absolute atomic E-state index is 13.0. The quantitative estimate of drug-likeness (QED) is 0.844. The first kappa shape index (κ1) is 13.6. The molecule has 1 N–H and O–H groups in total. The summed E-state index contributed by atoms with van der Waals surface area (Å²) < 4.78 is 13.0. The highest BCUT2D eigenvalue weighted by molar-refractivity contribution is 7.99. The summed E-state index contributed by atoms with van der Waals surface area (Å²) in [5, 5.41) is 9.27. The van der Waals surface area contributed by atoms with E-state index in [1.165, 1.54) is 23.9 Å². The van der Waals surface area contributed by atoms with Crippen LogP contribution in [0.5, 0.6) is 0 Å². The highest BCUT2D eigenvalue weighted by atomic mass is 32.2. The molecular weight excluding hydrogens is 263 g/mol. The largest absolute Gasteiger partial charge is 0.481 e. The van der Waals surface area contributed by atoms with Gasteiger partial charge in [0, 0.05) is 10.6 Å². The van der Waals surface area contributed by atoms with E-state index >= 15 is 0 Å². The fourth-order valence-corrected chi connectivity index (χ4v) is 2.80. The summed E-state index contributed by atoms with van der Waals surface area (Å²) in [6.45, 7) is 0. The lowest BCUT2D eigenvalue weighted by Gasteiger charge is -2.12. The van der Waals surface area contributed by atoms with Gasteiger partial charge in [0.05, 0.1) is 5.92 Å². The van der Waals surface area contributed by atoms with Gasteiger partial charge in [-0.2, -0.15) is 0 Å². The zero-order valence-corrected chi connectivity index (χ0v) is 10.9. The summed E-state index contributed by atoms with van der Waals surface area (Å²) in [5.74, 6) is -1.39. The molecule has 19 heavy (non-hydrogen) atoms. The number of thioether (sulfide) groups is 1. The van der Waals surface area contributed by atoms with Crippen LogP contribution in [0.15, 0.2) is 59.5 Å². The topological polar surface area (TPSA) is 37.3 Å². The van der Waals surface area contributed by atoms with Crippen LogP contribution in [0.2, 0.25) is 0 Å². The van der Waals surface area contributed by atoms with Crippen molar-refractivity contribution < 1.29 is 14.3 Å². The van der Waals surface area contributed by atoms with E-state index in [1.54, 1.807) is 24.3 Å². The molecule has 98 valence electrons. The summed E-state index contributed by atoms with van der Waals surface area (Å²) in [7, 11) is 0. The smallest absolute Gasteiger partial charge is 0.311 e. The molecule has 0 heterocycles. The Hall–Kier alpha value is -1.81. The van der Waals surface area contributed by atoms with Crippen LogP contribution in [-0.2, 0) is 4.79 Å². The highest BCUT2D eigenvalue weighted by Crippen LogP contribution is 2.26. The third-order valence-electron chi connectivity index (χ3n) is 2.71. The zero-order chi connectivity index (χ0) is 13.7. The summed E-state index contributed by atoms with van der Waals surface area (Å²) in [6, 6.07) is 15.3. The van der Waals surface area contributed by atoms with E-state index < -0.39 is 11.9 Å². The van der Waals surface area contributed by atoms with Crippen molar-refractivity contribution >= 4 is 17.7 Å². The number of halogens is 1. The Kier molecular flexibility index (Phi) is 4.58. The summed E-state index contributed by atoms with van der Waals surface area (Å²) >= 11 is 1.35. The molecule has 1 atom stereocenters. The average Bonchev–Trinajstić information content (AvgIpc) is 2.40. The van der Waals surface area contributed by atoms with Crippen LogP contribution in [0.4, 0.5) is 4.39 Å². The van der Waals surface area contributed by atoms with Crippen molar-refractivity contribution in [2.75, 3.05) is 5.75 Å². The first-order valence-electron chi connectivity index (χ1n) is 5.83. The van der Waals surface area contributed by atoms with Crippen molar-refractivity contribution in [2.24, 2.45) is 0 Å². The molecule has 4 heteroatoms. The van der Waals surface area contributed by atoms with Gasteiger partial charge in [-0.3, -0.25) is 4.79 Å². The lowest BCUT2D eigenvalue weighted by molar-refractivity contribution is -0.138. The summed E-state index contributed by atoms with van der Waals surface area (Å²) in [5.41, 5.74) is 0.763. The molecule has 0 amide bonds. The molecule has 0 saturated carbocycles. The first-order chi connectivity index (χ1) is 9.16. The van der Waals surface area contributed by atoms with E-state index in [1.807, 2.05) is 18.2 Å². The monoisotopic (exact) mass is 276 g/mol. The van der Waals surface area contributed by atoms with Gasteiger partial charge in [0.1, 0.15) is 5.82 Å². The number of hydrogen-bond donors (Lipinski definition) is 1. The lowest BCUT2D eigenvalue weighted by atomic mass is 10.0. The number of carbonyl (C=O) groups is 1. The van der Waals surface area contributed by atoms with Gasteiger partial charge in [-0.15, -0.1) is 11.8 Å². The number of aliphatic carboxylic acids is 1.